The molecule has 9 heteroatoms. The van der Waals surface area contributed by atoms with Gasteiger partial charge < -0.3 is 5.32 Å². The number of rotatable bonds is 6. The summed E-state index contributed by atoms with van der Waals surface area (Å²) in [4.78, 5) is 14.8. The summed E-state index contributed by atoms with van der Waals surface area (Å²) in [6.45, 7) is 2.81. The second-order valence-electron chi connectivity index (χ2n) is 3.51. The Bertz CT molecular complexity index is 561. The summed E-state index contributed by atoms with van der Waals surface area (Å²) in [5.74, 6) is 0.625. The maximum absolute atomic E-state index is 11.0. The van der Waals surface area contributed by atoms with Crippen LogP contribution in [0.5, 0.6) is 0 Å². The molecular formula is C10H11N5O2S2. The molecule has 0 amide bonds. The van der Waals surface area contributed by atoms with Crippen molar-refractivity contribution in [2.45, 2.75) is 22.7 Å². The number of nitro groups is 1. The molecule has 0 radical (unpaired) electrons. The Labute approximate surface area is 117 Å². The predicted octanol–water partition coefficient (Wildman–Crippen LogP) is 2.81. The van der Waals surface area contributed by atoms with E-state index >= 15 is 0 Å². The van der Waals surface area contributed by atoms with Gasteiger partial charge in [0.15, 0.2) is 9.37 Å². The van der Waals surface area contributed by atoms with Crippen LogP contribution in [-0.2, 0) is 0 Å². The van der Waals surface area contributed by atoms with E-state index in [0.717, 1.165) is 24.7 Å². The molecule has 0 saturated heterocycles. The highest BCUT2D eigenvalue weighted by Gasteiger charge is 2.18. The first-order valence-electron chi connectivity index (χ1n) is 5.54. The highest BCUT2D eigenvalue weighted by atomic mass is 32.2. The van der Waals surface area contributed by atoms with Crippen LogP contribution >= 0.6 is 23.1 Å². The van der Waals surface area contributed by atoms with Crippen molar-refractivity contribution in [2.24, 2.45) is 0 Å². The molecule has 0 spiro atoms. The summed E-state index contributed by atoms with van der Waals surface area (Å²) in [5.41, 5.74) is 1.55. The van der Waals surface area contributed by atoms with Crippen molar-refractivity contribution in [2.75, 3.05) is 11.9 Å². The Morgan fingerprint density at radius 2 is 2.37 bits per heavy atom. The van der Waals surface area contributed by atoms with Crippen LogP contribution in [0.1, 0.15) is 13.3 Å². The lowest BCUT2D eigenvalue weighted by molar-refractivity contribution is -0.388. The summed E-state index contributed by atoms with van der Waals surface area (Å²) in [7, 11) is 0. The van der Waals surface area contributed by atoms with E-state index in [1.165, 1.54) is 17.4 Å². The zero-order chi connectivity index (χ0) is 13.7. The average molecular weight is 297 g/mol. The minimum Gasteiger partial charge on any atom is -0.370 e. The van der Waals surface area contributed by atoms with Gasteiger partial charge in [0.25, 0.3) is 0 Å². The highest BCUT2D eigenvalue weighted by molar-refractivity contribution is 8.01. The van der Waals surface area contributed by atoms with E-state index in [-0.39, 0.29) is 5.69 Å². The number of nitrogens with zero attached hydrogens (tertiary/aromatic N) is 4. The molecule has 0 unspecified atom stereocenters. The van der Waals surface area contributed by atoms with Gasteiger partial charge in [0, 0.05) is 12.6 Å². The summed E-state index contributed by atoms with van der Waals surface area (Å²) in [6, 6.07) is 3.06. The highest BCUT2D eigenvalue weighted by Crippen LogP contribution is 2.34. The van der Waals surface area contributed by atoms with Crippen LogP contribution in [0.4, 0.5) is 11.5 Å². The van der Waals surface area contributed by atoms with Gasteiger partial charge in [-0.05, 0) is 24.2 Å². The minimum atomic E-state index is -0.444. The minimum absolute atomic E-state index is 0.0257. The van der Waals surface area contributed by atoms with Gasteiger partial charge in [0.2, 0.25) is 0 Å². The second kappa shape index (κ2) is 6.43. The first-order valence-corrected chi connectivity index (χ1v) is 7.23. The second-order valence-corrected chi connectivity index (χ2v) is 5.58. The fraction of sp³-hybridized carbons (Fsp3) is 0.300. The predicted molar refractivity (Wildman–Crippen MR) is 73.7 cm³/mol. The van der Waals surface area contributed by atoms with Crippen molar-refractivity contribution in [3.8, 4) is 0 Å². The lowest BCUT2D eigenvalue weighted by Gasteiger charge is -2.05. The molecule has 0 fully saturated rings. The molecule has 0 saturated carbocycles. The van der Waals surface area contributed by atoms with Crippen LogP contribution in [0, 0.1) is 10.1 Å². The molecule has 0 atom stereocenters. The van der Waals surface area contributed by atoms with Gasteiger partial charge in [0.1, 0.15) is 11.3 Å². The van der Waals surface area contributed by atoms with Gasteiger partial charge in [-0.3, -0.25) is 10.1 Å². The Morgan fingerprint density at radius 3 is 3.00 bits per heavy atom. The van der Waals surface area contributed by atoms with Crippen molar-refractivity contribution < 1.29 is 4.92 Å². The topological polar surface area (TPSA) is 93.8 Å². The largest absolute Gasteiger partial charge is 0.370 e. The molecule has 0 aliphatic heterocycles. The smallest absolute Gasteiger partial charge is 0.301 e. The Balaban J connectivity index is 2.27. The number of pyridine rings is 1. The number of nitrogens with one attached hydrogen (secondary N) is 1. The van der Waals surface area contributed by atoms with Crippen LogP contribution in [0.15, 0.2) is 27.0 Å². The summed E-state index contributed by atoms with van der Waals surface area (Å²) in [5, 5.41) is 21.9. The van der Waals surface area contributed by atoms with E-state index in [4.69, 9.17) is 0 Å². The Morgan fingerprint density at radius 1 is 1.53 bits per heavy atom. The zero-order valence-electron chi connectivity index (χ0n) is 10.1. The molecule has 100 valence electrons. The molecule has 2 aromatic heterocycles. The van der Waals surface area contributed by atoms with Crippen LogP contribution < -0.4 is 5.32 Å². The Kier molecular flexibility index (Phi) is 4.63. The average Bonchev–Trinajstić information content (AvgIpc) is 2.89. The molecule has 1 N–H and O–H groups in total. The van der Waals surface area contributed by atoms with Crippen LogP contribution in [0.25, 0.3) is 0 Å². The van der Waals surface area contributed by atoms with Gasteiger partial charge in [0.05, 0.1) is 4.92 Å². The van der Waals surface area contributed by atoms with Crippen LogP contribution in [0.2, 0.25) is 0 Å². The standard InChI is InChI=1S/C10H11N5O2S2/c1-2-5-11-8-4-3-7(15(16)17)9(13-8)19-10-14-12-6-18-10/h3-4,6H,2,5H2,1H3,(H,11,13). The number of hydrogen-bond donors (Lipinski definition) is 1. The summed E-state index contributed by atoms with van der Waals surface area (Å²) in [6.07, 6.45) is 0.956. The lowest BCUT2D eigenvalue weighted by atomic mass is 10.4. The van der Waals surface area contributed by atoms with Gasteiger partial charge in [-0.1, -0.05) is 18.3 Å². The molecule has 2 heterocycles. The molecule has 7 nitrogen and oxygen atoms in total. The fourth-order valence-electron chi connectivity index (χ4n) is 1.29. The molecule has 2 rings (SSSR count). The normalized spacial score (nSPS) is 10.4. The van der Waals surface area contributed by atoms with E-state index in [1.807, 2.05) is 6.92 Å². The molecule has 0 aliphatic rings. The zero-order valence-corrected chi connectivity index (χ0v) is 11.7. The number of aromatic nitrogens is 3. The number of anilines is 1. The molecule has 0 aromatic carbocycles. The van der Waals surface area contributed by atoms with Crippen molar-refractivity contribution in [3.05, 3.63) is 27.8 Å². The molecule has 19 heavy (non-hydrogen) atoms. The van der Waals surface area contributed by atoms with Crippen molar-refractivity contribution in [1.29, 1.82) is 0 Å². The van der Waals surface area contributed by atoms with Gasteiger partial charge >= 0.3 is 5.69 Å². The van der Waals surface area contributed by atoms with E-state index < -0.39 is 4.92 Å². The maximum Gasteiger partial charge on any atom is 0.301 e. The summed E-state index contributed by atoms with van der Waals surface area (Å²) >= 11 is 2.47. The van der Waals surface area contributed by atoms with E-state index in [9.17, 15) is 10.1 Å². The van der Waals surface area contributed by atoms with Crippen molar-refractivity contribution in [3.63, 3.8) is 0 Å². The van der Waals surface area contributed by atoms with Crippen molar-refractivity contribution >= 4 is 34.6 Å². The van der Waals surface area contributed by atoms with Gasteiger partial charge in [-0.2, -0.15) is 0 Å². The van der Waals surface area contributed by atoms with Crippen LogP contribution in [-0.4, -0.2) is 26.6 Å². The monoisotopic (exact) mass is 297 g/mol. The lowest BCUT2D eigenvalue weighted by Crippen LogP contribution is -2.03. The first kappa shape index (κ1) is 13.7. The Hall–Kier alpha value is -1.74. The molecule has 0 aliphatic carbocycles. The third-order valence-electron chi connectivity index (χ3n) is 2.12. The van der Waals surface area contributed by atoms with Gasteiger partial charge in [-0.25, -0.2) is 4.98 Å². The maximum atomic E-state index is 11.0. The molecule has 2 aromatic rings. The SMILES string of the molecule is CCCNc1ccc([N+](=O)[O-])c(Sc2nncs2)n1. The third-order valence-corrected chi connectivity index (χ3v) is 3.89. The number of hydrogen-bond acceptors (Lipinski definition) is 8. The van der Waals surface area contributed by atoms with Crippen molar-refractivity contribution in [1.82, 2.24) is 15.2 Å². The van der Waals surface area contributed by atoms with Gasteiger partial charge in [-0.15, -0.1) is 10.2 Å². The fourth-order valence-corrected chi connectivity index (χ4v) is 2.77. The van der Waals surface area contributed by atoms with E-state index in [0.29, 0.717) is 15.2 Å². The molecular weight excluding hydrogens is 286 g/mol. The third kappa shape index (κ3) is 3.61. The van der Waals surface area contributed by atoms with E-state index in [1.54, 1.807) is 11.6 Å². The van der Waals surface area contributed by atoms with E-state index in [2.05, 4.69) is 20.5 Å². The first-order chi connectivity index (χ1) is 9.20. The quantitative estimate of drug-likeness (QED) is 0.647. The molecule has 0 bridgehead atoms. The summed E-state index contributed by atoms with van der Waals surface area (Å²) < 4.78 is 0.628. The van der Waals surface area contributed by atoms with Crippen LogP contribution in [0.3, 0.4) is 0 Å².